The molecule has 1 unspecified atom stereocenters. The summed E-state index contributed by atoms with van der Waals surface area (Å²) in [5.41, 5.74) is -0.986. The summed E-state index contributed by atoms with van der Waals surface area (Å²) in [4.78, 5) is 0. The minimum Gasteiger partial charge on any atom is -0.385 e. The van der Waals surface area contributed by atoms with Crippen LogP contribution < -0.4 is 0 Å². The maximum Gasteiger partial charge on any atom is 0.132 e. The molecule has 0 saturated heterocycles. The lowest BCUT2D eigenvalue weighted by atomic mass is 9.86. The van der Waals surface area contributed by atoms with Crippen molar-refractivity contribution in [2.45, 2.75) is 38.7 Å². The van der Waals surface area contributed by atoms with E-state index in [1.807, 2.05) is 6.92 Å². The van der Waals surface area contributed by atoms with Crippen LogP contribution >= 0.6 is 0 Å². The lowest BCUT2D eigenvalue weighted by molar-refractivity contribution is 0.0191. The van der Waals surface area contributed by atoms with Crippen LogP contribution in [0.15, 0.2) is 18.2 Å². The van der Waals surface area contributed by atoms with Crippen molar-refractivity contribution in [3.05, 3.63) is 35.4 Å². The van der Waals surface area contributed by atoms with Gasteiger partial charge in [0, 0.05) is 11.6 Å². The van der Waals surface area contributed by atoms with Gasteiger partial charge in [-0.3, -0.25) is 0 Å². The average molecular weight is 214 g/mol. The molecule has 0 fully saturated rings. The molecule has 1 atom stereocenters. The lowest BCUT2D eigenvalue weighted by Crippen LogP contribution is -2.25. The van der Waals surface area contributed by atoms with E-state index in [0.29, 0.717) is 12.8 Å². The highest BCUT2D eigenvalue weighted by atomic mass is 19.1. The van der Waals surface area contributed by atoms with E-state index in [9.17, 15) is 13.9 Å². The predicted molar refractivity (Wildman–Crippen MR) is 55.5 cm³/mol. The Bertz CT molecular complexity index is 338. The minimum absolute atomic E-state index is 0.188. The van der Waals surface area contributed by atoms with Gasteiger partial charge in [-0.1, -0.05) is 26.3 Å². The Kier molecular flexibility index (Phi) is 3.80. The lowest BCUT2D eigenvalue weighted by Gasteiger charge is -2.27. The summed E-state index contributed by atoms with van der Waals surface area (Å²) in [7, 11) is 0. The van der Waals surface area contributed by atoms with Crippen molar-refractivity contribution < 1.29 is 13.9 Å². The molecule has 0 saturated carbocycles. The summed E-state index contributed by atoms with van der Waals surface area (Å²) >= 11 is 0. The third kappa shape index (κ3) is 2.53. The fourth-order valence-corrected chi connectivity index (χ4v) is 1.78. The summed E-state index contributed by atoms with van der Waals surface area (Å²) < 4.78 is 26.2. The average Bonchev–Trinajstić information content (AvgIpc) is 2.17. The zero-order valence-electron chi connectivity index (χ0n) is 9.06. The molecule has 3 heteroatoms. The van der Waals surface area contributed by atoms with Crippen LogP contribution in [0.4, 0.5) is 8.78 Å². The number of aliphatic hydroxyl groups is 1. The summed E-state index contributed by atoms with van der Waals surface area (Å²) in [5, 5.41) is 10.2. The van der Waals surface area contributed by atoms with Gasteiger partial charge in [-0.05, 0) is 18.9 Å². The molecule has 0 aliphatic carbocycles. The van der Waals surface area contributed by atoms with E-state index in [1.54, 1.807) is 6.92 Å². The van der Waals surface area contributed by atoms with E-state index in [1.165, 1.54) is 12.1 Å². The van der Waals surface area contributed by atoms with Crippen molar-refractivity contribution in [1.29, 1.82) is 0 Å². The Morgan fingerprint density at radius 2 is 1.93 bits per heavy atom. The van der Waals surface area contributed by atoms with Crippen LogP contribution in [0, 0.1) is 11.6 Å². The quantitative estimate of drug-likeness (QED) is 0.814. The predicted octanol–water partition coefficient (Wildman–Crippen LogP) is 3.36. The van der Waals surface area contributed by atoms with Gasteiger partial charge in [-0.2, -0.15) is 0 Å². The molecule has 0 aliphatic rings. The van der Waals surface area contributed by atoms with Gasteiger partial charge in [0.1, 0.15) is 11.6 Å². The smallest absolute Gasteiger partial charge is 0.132 e. The topological polar surface area (TPSA) is 20.2 Å². The fraction of sp³-hybridized carbons (Fsp3) is 0.500. The molecule has 0 spiro atoms. The number of benzene rings is 1. The molecule has 84 valence electrons. The molecular formula is C12H16F2O. The monoisotopic (exact) mass is 214 g/mol. The molecule has 0 aromatic heterocycles. The second-order valence-corrected chi connectivity index (χ2v) is 3.76. The number of hydrogen-bond acceptors (Lipinski definition) is 1. The molecule has 0 amide bonds. The zero-order valence-corrected chi connectivity index (χ0v) is 9.06. The van der Waals surface area contributed by atoms with Crippen molar-refractivity contribution in [1.82, 2.24) is 0 Å². The van der Waals surface area contributed by atoms with Gasteiger partial charge >= 0.3 is 0 Å². The molecule has 0 radical (unpaired) electrons. The van der Waals surface area contributed by atoms with E-state index in [0.717, 1.165) is 12.5 Å². The first kappa shape index (κ1) is 12.1. The van der Waals surface area contributed by atoms with Crippen molar-refractivity contribution >= 4 is 0 Å². The highest BCUT2D eigenvalue weighted by molar-refractivity contribution is 5.24. The Balaban J connectivity index is 3.12. The molecule has 1 aromatic carbocycles. The molecular weight excluding hydrogens is 198 g/mol. The molecule has 0 aliphatic heterocycles. The molecule has 0 bridgehead atoms. The summed E-state index contributed by atoms with van der Waals surface area (Å²) in [5.74, 6) is -1.29. The first-order valence-electron chi connectivity index (χ1n) is 5.21. The Morgan fingerprint density at radius 1 is 1.27 bits per heavy atom. The van der Waals surface area contributed by atoms with Crippen LogP contribution in [0.2, 0.25) is 0 Å². The largest absolute Gasteiger partial charge is 0.385 e. The van der Waals surface area contributed by atoms with E-state index in [-0.39, 0.29) is 5.56 Å². The van der Waals surface area contributed by atoms with Crippen molar-refractivity contribution in [3.8, 4) is 0 Å². The van der Waals surface area contributed by atoms with Gasteiger partial charge in [-0.25, -0.2) is 8.78 Å². The van der Waals surface area contributed by atoms with E-state index in [4.69, 9.17) is 0 Å². The molecule has 1 nitrogen and oxygen atoms in total. The molecule has 0 heterocycles. The molecule has 1 N–H and O–H groups in total. The van der Waals surface area contributed by atoms with Crippen LogP contribution in [0.1, 0.15) is 38.7 Å². The van der Waals surface area contributed by atoms with Crippen LogP contribution in [0.5, 0.6) is 0 Å². The first-order chi connectivity index (χ1) is 7.03. The minimum atomic E-state index is -1.17. The summed E-state index contributed by atoms with van der Waals surface area (Å²) in [6, 6.07) is 3.31. The standard InChI is InChI=1S/C12H16F2O/c1-3-7-12(15,4-2)10-6-5-9(13)8-11(10)14/h5-6,8,15H,3-4,7H2,1-2H3. The highest BCUT2D eigenvalue weighted by Crippen LogP contribution is 2.31. The number of hydrogen-bond donors (Lipinski definition) is 1. The maximum atomic E-state index is 13.5. The van der Waals surface area contributed by atoms with Gasteiger partial charge in [0.05, 0.1) is 5.60 Å². The van der Waals surface area contributed by atoms with Gasteiger partial charge in [0.2, 0.25) is 0 Å². The molecule has 15 heavy (non-hydrogen) atoms. The zero-order chi connectivity index (χ0) is 11.5. The van der Waals surface area contributed by atoms with Gasteiger partial charge in [0.15, 0.2) is 0 Å². The number of rotatable bonds is 4. The highest BCUT2D eigenvalue weighted by Gasteiger charge is 2.29. The normalized spacial score (nSPS) is 15.0. The Labute approximate surface area is 88.7 Å². The second-order valence-electron chi connectivity index (χ2n) is 3.76. The fourth-order valence-electron chi connectivity index (χ4n) is 1.78. The van der Waals surface area contributed by atoms with E-state index < -0.39 is 17.2 Å². The van der Waals surface area contributed by atoms with E-state index >= 15 is 0 Å². The van der Waals surface area contributed by atoms with Gasteiger partial charge < -0.3 is 5.11 Å². The molecule has 1 rings (SSSR count). The van der Waals surface area contributed by atoms with Crippen molar-refractivity contribution in [2.24, 2.45) is 0 Å². The van der Waals surface area contributed by atoms with Crippen LogP contribution in [0.3, 0.4) is 0 Å². The third-order valence-electron chi connectivity index (χ3n) is 2.68. The second kappa shape index (κ2) is 4.71. The van der Waals surface area contributed by atoms with E-state index in [2.05, 4.69) is 0 Å². The number of halogens is 2. The summed E-state index contributed by atoms with van der Waals surface area (Å²) in [6.45, 7) is 3.71. The van der Waals surface area contributed by atoms with Gasteiger partial charge in [-0.15, -0.1) is 0 Å². The Hall–Kier alpha value is -0.960. The van der Waals surface area contributed by atoms with Crippen LogP contribution in [0.25, 0.3) is 0 Å². The van der Waals surface area contributed by atoms with Crippen molar-refractivity contribution in [2.75, 3.05) is 0 Å². The van der Waals surface area contributed by atoms with Crippen molar-refractivity contribution in [3.63, 3.8) is 0 Å². The SMILES string of the molecule is CCCC(O)(CC)c1ccc(F)cc1F. The third-order valence-corrected chi connectivity index (χ3v) is 2.68. The molecule has 1 aromatic rings. The van der Waals surface area contributed by atoms with Gasteiger partial charge in [0.25, 0.3) is 0 Å². The summed E-state index contributed by atoms with van der Waals surface area (Å²) in [6.07, 6.45) is 1.65. The van der Waals surface area contributed by atoms with Crippen LogP contribution in [-0.2, 0) is 5.60 Å². The van der Waals surface area contributed by atoms with Crippen LogP contribution in [-0.4, -0.2) is 5.11 Å². The maximum absolute atomic E-state index is 13.5. The Morgan fingerprint density at radius 3 is 2.40 bits per heavy atom. The first-order valence-corrected chi connectivity index (χ1v) is 5.21.